The van der Waals surface area contributed by atoms with Crippen molar-refractivity contribution in [3.63, 3.8) is 0 Å². The molecule has 0 atom stereocenters. The molecule has 8 nitrogen and oxygen atoms in total. The minimum atomic E-state index is -0.270. The summed E-state index contributed by atoms with van der Waals surface area (Å²) in [4.78, 5) is 33.5. The molecule has 3 aromatic rings. The monoisotopic (exact) mass is 393 g/mol. The summed E-state index contributed by atoms with van der Waals surface area (Å²) in [5.74, 6) is 0.817. The van der Waals surface area contributed by atoms with E-state index >= 15 is 0 Å². The van der Waals surface area contributed by atoms with E-state index in [0.717, 1.165) is 5.56 Å². The lowest BCUT2D eigenvalue weighted by Gasteiger charge is -2.34. The quantitative estimate of drug-likeness (QED) is 0.709. The van der Waals surface area contributed by atoms with Crippen LogP contribution in [0.4, 0.5) is 16.2 Å². The van der Waals surface area contributed by atoms with Gasteiger partial charge in [0.2, 0.25) is 5.95 Å². The Bertz CT molecular complexity index is 943. The highest BCUT2D eigenvalue weighted by Crippen LogP contribution is 2.12. The molecule has 0 aliphatic carbocycles. The van der Waals surface area contributed by atoms with Crippen LogP contribution in [0.3, 0.4) is 0 Å². The number of rotatable bonds is 5. The van der Waals surface area contributed by atoms with Gasteiger partial charge in [-0.25, -0.2) is 24.3 Å². The van der Waals surface area contributed by atoms with Crippen molar-refractivity contribution in [3.8, 4) is 0 Å². The molecule has 1 aromatic carbocycles. The van der Waals surface area contributed by atoms with Crippen LogP contribution in [0.1, 0.15) is 16.1 Å². The molecule has 1 aliphatic rings. The zero-order chi connectivity index (χ0) is 20.1. The van der Waals surface area contributed by atoms with Crippen LogP contribution in [0, 0.1) is 5.82 Å². The van der Waals surface area contributed by atoms with E-state index < -0.39 is 0 Å². The molecular weight excluding hydrogens is 373 g/mol. The summed E-state index contributed by atoms with van der Waals surface area (Å²) in [5.41, 5.74) is 1.23. The Labute approximate surface area is 167 Å². The fraction of sp³-hybridized carbons (Fsp3) is 0.250. The van der Waals surface area contributed by atoms with Gasteiger partial charge in [-0.2, -0.15) is 0 Å². The summed E-state index contributed by atoms with van der Waals surface area (Å²) in [6, 6.07) is 8.00. The van der Waals surface area contributed by atoms with Crippen LogP contribution >= 0.6 is 0 Å². The SMILES string of the molecule is O=C(c1cnc(NCc2ccc(F)cc2)cn1)N1CCN(c2ncccn2)CC1. The third kappa shape index (κ3) is 4.63. The van der Waals surface area contributed by atoms with E-state index in [-0.39, 0.29) is 11.7 Å². The van der Waals surface area contributed by atoms with Crippen LogP contribution in [0.2, 0.25) is 0 Å². The van der Waals surface area contributed by atoms with E-state index in [0.29, 0.717) is 50.2 Å². The zero-order valence-corrected chi connectivity index (χ0v) is 15.7. The molecule has 1 fully saturated rings. The van der Waals surface area contributed by atoms with Gasteiger partial charge in [-0.05, 0) is 23.8 Å². The first-order valence-electron chi connectivity index (χ1n) is 9.30. The van der Waals surface area contributed by atoms with Crippen LogP contribution in [0.5, 0.6) is 0 Å². The van der Waals surface area contributed by atoms with Crippen LogP contribution in [-0.2, 0) is 6.54 Å². The van der Waals surface area contributed by atoms with E-state index in [4.69, 9.17) is 0 Å². The average molecular weight is 393 g/mol. The minimum absolute atomic E-state index is 0.142. The highest BCUT2D eigenvalue weighted by Gasteiger charge is 2.24. The number of hydrogen-bond donors (Lipinski definition) is 1. The second kappa shape index (κ2) is 8.59. The number of anilines is 2. The maximum Gasteiger partial charge on any atom is 0.274 e. The summed E-state index contributed by atoms with van der Waals surface area (Å²) in [6.07, 6.45) is 6.43. The van der Waals surface area contributed by atoms with Crippen molar-refractivity contribution >= 4 is 17.7 Å². The van der Waals surface area contributed by atoms with Crippen molar-refractivity contribution in [1.82, 2.24) is 24.8 Å². The van der Waals surface area contributed by atoms with E-state index in [9.17, 15) is 9.18 Å². The molecule has 0 spiro atoms. The van der Waals surface area contributed by atoms with Gasteiger partial charge in [-0.3, -0.25) is 4.79 Å². The Kier molecular flexibility index (Phi) is 5.55. The van der Waals surface area contributed by atoms with Gasteiger partial charge < -0.3 is 15.1 Å². The van der Waals surface area contributed by atoms with Gasteiger partial charge in [0.1, 0.15) is 17.3 Å². The first-order chi connectivity index (χ1) is 14.2. The summed E-state index contributed by atoms with van der Waals surface area (Å²) in [7, 11) is 0. The summed E-state index contributed by atoms with van der Waals surface area (Å²) >= 11 is 0. The molecule has 29 heavy (non-hydrogen) atoms. The average Bonchev–Trinajstić information content (AvgIpc) is 2.79. The standard InChI is InChI=1S/C20H20FN7O/c21-16-4-2-15(3-5-16)12-25-18-14-24-17(13-26-18)19(29)27-8-10-28(11-9-27)20-22-6-1-7-23-20/h1-7,13-14H,8-12H2,(H,25,26). The van der Waals surface area contributed by atoms with E-state index in [1.54, 1.807) is 35.5 Å². The maximum atomic E-state index is 12.9. The van der Waals surface area contributed by atoms with Crippen LogP contribution in [-0.4, -0.2) is 56.9 Å². The predicted octanol–water partition coefficient (Wildman–Crippen LogP) is 1.98. The van der Waals surface area contributed by atoms with Crippen molar-refractivity contribution in [2.45, 2.75) is 6.54 Å². The lowest BCUT2D eigenvalue weighted by Crippen LogP contribution is -2.49. The van der Waals surface area contributed by atoms with Gasteiger partial charge in [0, 0.05) is 45.1 Å². The third-order valence-corrected chi connectivity index (χ3v) is 4.66. The Morgan fingerprint density at radius 1 is 0.966 bits per heavy atom. The maximum absolute atomic E-state index is 12.9. The second-order valence-corrected chi connectivity index (χ2v) is 6.59. The molecule has 148 valence electrons. The number of carbonyl (C=O) groups excluding carboxylic acids is 1. The lowest BCUT2D eigenvalue weighted by atomic mass is 10.2. The molecule has 4 rings (SSSR count). The van der Waals surface area contributed by atoms with Crippen LogP contribution in [0.25, 0.3) is 0 Å². The Balaban J connectivity index is 1.31. The molecule has 0 saturated carbocycles. The number of aromatic nitrogens is 4. The summed E-state index contributed by atoms with van der Waals surface area (Å²) in [5, 5.41) is 3.11. The second-order valence-electron chi connectivity index (χ2n) is 6.59. The molecule has 1 amide bonds. The molecule has 1 saturated heterocycles. The predicted molar refractivity (Wildman–Crippen MR) is 106 cm³/mol. The van der Waals surface area contributed by atoms with Gasteiger partial charge in [0.25, 0.3) is 5.91 Å². The van der Waals surface area contributed by atoms with Crippen LogP contribution in [0.15, 0.2) is 55.1 Å². The molecular formula is C20H20FN7O. The molecule has 0 radical (unpaired) electrons. The number of carbonyl (C=O) groups is 1. The van der Waals surface area contributed by atoms with Crippen molar-refractivity contribution in [2.75, 3.05) is 36.4 Å². The zero-order valence-electron chi connectivity index (χ0n) is 15.7. The molecule has 2 aromatic heterocycles. The highest BCUT2D eigenvalue weighted by atomic mass is 19.1. The molecule has 1 aliphatic heterocycles. The number of piperazine rings is 1. The molecule has 3 heterocycles. The Morgan fingerprint density at radius 2 is 1.69 bits per heavy atom. The number of nitrogens with one attached hydrogen (secondary N) is 1. The van der Waals surface area contributed by atoms with Crippen molar-refractivity contribution in [3.05, 3.63) is 72.2 Å². The first kappa shape index (κ1) is 18.7. The molecule has 0 unspecified atom stereocenters. The normalized spacial score (nSPS) is 14.0. The van der Waals surface area contributed by atoms with E-state index in [2.05, 4.69) is 30.2 Å². The number of nitrogens with zero attached hydrogens (tertiary/aromatic N) is 6. The highest BCUT2D eigenvalue weighted by molar-refractivity contribution is 5.92. The van der Waals surface area contributed by atoms with Crippen LogP contribution < -0.4 is 10.2 Å². The summed E-state index contributed by atoms with van der Waals surface area (Å²) in [6.45, 7) is 2.97. The van der Waals surface area contributed by atoms with Gasteiger partial charge in [0.15, 0.2) is 0 Å². The Hall–Kier alpha value is -3.62. The number of halogens is 1. The summed E-state index contributed by atoms with van der Waals surface area (Å²) < 4.78 is 12.9. The van der Waals surface area contributed by atoms with Crippen molar-refractivity contribution < 1.29 is 9.18 Å². The van der Waals surface area contributed by atoms with Gasteiger partial charge >= 0.3 is 0 Å². The molecule has 9 heteroatoms. The number of benzene rings is 1. The van der Waals surface area contributed by atoms with Crippen molar-refractivity contribution in [1.29, 1.82) is 0 Å². The molecule has 1 N–H and O–H groups in total. The minimum Gasteiger partial charge on any atom is -0.365 e. The van der Waals surface area contributed by atoms with Gasteiger partial charge in [0.05, 0.1) is 12.4 Å². The van der Waals surface area contributed by atoms with E-state index in [1.807, 2.05) is 0 Å². The smallest absolute Gasteiger partial charge is 0.274 e. The first-order valence-corrected chi connectivity index (χ1v) is 9.30. The molecule has 0 bridgehead atoms. The third-order valence-electron chi connectivity index (χ3n) is 4.66. The largest absolute Gasteiger partial charge is 0.365 e. The fourth-order valence-corrected chi connectivity index (χ4v) is 3.05. The topological polar surface area (TPSA) is 87.1 Å². The number of amides is 1. The van der Waals surface area contributed by atoms with Gasteiger partial charge in [-0.15, -0.1) is 0 Å². The number of hydrogen-bond acceptors (Lipinski definition) is 7. The van der Waals surface area contributed by atoms with Gasteiger partial charge in [-0.1, -0.05) is 12.1 Å². The lowest BCUT2D eigenvalue weighted by molar-refractivity contribution is 0.0740. The van der Waals surface area contributed by atoms with Crippen molar-refractivity contribution in [2.24, 2.45) is 0 Å². The van der Waals surface area contributed by atoms with E-state index in [1.165, 1.54) is 24.5 Å². The fourth-order valence-electron chi connectivity index (χ4n) is 3.05. The Morgan fingerprint density at radius 3 is 2.34 bits per heavy atom.